The molecule has 0 saturated carbocycles. The molecule has 0 bridgehead atoms. The number of oxime groups is 1. The van der Waals surface area contributed by atoms with Crippen molar-refractivity contribution in [2.24, 2.45) is 5.16 Å². The number of rotatable bonds is 2. The standard InChI is InChI=1S/C13H11NO2/c15-13-8-4-3-7-12(13)11-6-2-1-5-10(11)9-14-16/h1-9,15-16H/b14-9+. The minimum absolute atomic E-state index is 0.210. The van der Waals surface area contributed by atoms with E-state index in [1.807, 2.05) is 36.4 Å². The number of para-hydroxylation sites is 1. The van der Waals surface area contributed by atoms with Crippen LogP contribution in [-0.4, -0.2) is 16.5 Å². The number of hydrogen-bond donors (Lipinski definition) is 2. The number of phenolic OH excluding ortho intramolecular Hbond substituents is 1. The zero-order valence-electron chi connectivity index (χ0n) is 8.54. The molecule has 0 spiro atoms. The van der Waals surface area contributed by atoms with Gasteiger partial charge in [0.25, 0.3) is 0 Å². The van der Waals surface area contributed by atoms with Crippen LogP contribution in [0.2, 0.25) is 0 Å². The normalized spacial score (nSPS) is 10.8. The van der Waals surface area contributed by atoms with Crippen molar-refractivity contribution in [1.29, 1.82) is 0 Å². The van der Waals surface area contributed by atoms with Crippen LogP contribution in [0.25, 0.3) is 11.1 Å². The SMILES string of the molecule is O/N=C/c1ccccc1-c1ccccc1O. The van der Waals surface area contributed by atoms with E-state index in [0.29, 0.717) is 0 Å². The summed E-state index contributed by atoms with van der Waals surface area (Å²) in [6.45, 7) is 0. The van der Waals surface area contributed by atoms with Gasteiger partial charge in [0.15, 0.2) is 0 Å². The second-order valence-electron chi connectivity index (χ2n) is 3.35. The van der Waals surface area contributed by atoms with E-state index in [0.717, 1.165) is 16.7 Å². The molecule has 0 aliphatic carbocycles. The van der Waals surface area contributed by atoms with Crippen molar-refractivity contribution < 1.29 is 10.3 Å². The summed E-state index contributed by atoms with van der Waals surface area (Å²) in [5.41, 5.74) is 2.31. The predicted octanol–water partition coefficient (Wildman–Crippen LogP) is 2.87. The fourth-order valence-corrected chi connectivity index (χ4v) is 1.62. The monoisotopic (exact) mass is 213 g/mol. The van der Waals surface area contributed by atoms with Gasteiger partial charge < -0.3 is 10.3 Å². The van der Waals surface area contributed by atoms with Crippen LogP contribution >= 0.6 is 0 Å². The fraction of sp³-hybridized carbons (Fsp3) is 0. The Kier molecular flexibility index (Phi) is 2.87. The highest BCUT2D eigenvalue weighted by molar-refractivity contribution is 5.91. The summed E-state index contributed by atoms with van der Waals surface area (Å²) >= 11 is 0. The predicted molar refractivity (Wildman–Crippen MR) is 62.9 cm³/mol. The van der Waals surface area contributed by atoms with Crippen molar-refractivity contribution in [2.45, 2.75) is 0 Å². The Morgan fingerprint density at radius 2 is 1.50 bits per heavy atom. The second-order valence-corrected chi connectivity index (χ2v) is 3.35. The largest absolute Gasteiger partial charge is 0.507 e. The Hall–Kier alpha value is -2.29. The summed E-state index contributed by atoms with van der Waals surface area (Å²) in [5.74, 6) is 0.210. The number of hydrogen-bond acceptors (Lipinski definition) is 3. The first-order valence-electron chi connectivity index (χ1n) is 4.88. The van der Waals surface area contributed by atoms with Gasteiger partial charge in [0, 0.05) is 11.1 Å². The van der Waals surface area contributed by atoms with E-state index in [9.17, 15) is 5.11 Å². The van der Waals surface area contributed by atoms with Crippen LogP contribution in [0.15, 0.2) is 53.7 Å². The summed E-state index contributed by atoms with van der Waals surface area (Å²) in [6.07, 6.45) is 1.35. The number of benzene rings is 2. The Labute approximate surface area is 93.3 Å². The Bertz CT molecular complexity index is 521. The lowest BCUT2D eigenvalue weighted by atomic mass is 9.99. The first-order chi connectivity index (χ1) is 7.83. The minimum Gasteiger partial charge on any atom is -0.507 e. The lowest BCUT2D eigenvalue weighted by molar-refractivity contribution is 0.322. The summed E-state index contributed by atoms with van der Waals surface area (Å²) in [5, 5.41) is 21.3. The summed E-state index contributed by atoms with van der Waals surface area (Å²) < 4.78 is 0. The van der Waals surface area contributed by atoms with Crippen LogP contribution in [0.4, 0.5) is 0 Å². The van der Waals surface area contributed by atoms with E-state index in [1.54, 1.807) is 12.1 Å². The lowest BCUT2D eigenvalue weighted by Gasteiger charge is -2.07. The van der Waals surface area contributed by atoms with Crippen molar-refractivity contribution in [2.75, 3.05) is 0 Å². The molecule has 0 radical (unpaired) electrons. The molecule has 3 nitrogen and oxygen atoms in total. The molecule has 0 unspecified atom stereocenters. The number of phenols is 1. The van der Waals surface area contributed by atoms with Gasteiger partial charge in [-0.3, -0.25) is 0 Å². The Morgan fingerprint density at radius 3 is 2.19 bits per heavy atom. The maximum atomic E-state index is 9.75. The first kappa shape index (κ1) is 10.2. The molecule has 2 aromatic carbocycles. The number of nitrogens with zero attached hydrogens (tertiary/aromatic N) is 1. The van der Waals surface area contributed by atoms with Gasteiger partial charge in [0.2, 0.25) is 0 Å². The maximum absolute atomic E-state index is 9.75. The lowest BCUT2D eigenvalue weighted by Crippen LogP contribution is -1.88. The molecular formula is C13H11NO2. The van der Waals surface area contributed by atoms with Crippen molar-refractivity contribution in [3.8, 4) is 16.9 Å². The van der Waals surface area contributed by atoms with Gasteiger partial charge in [-0.05, 0) is 11.6 Å². The molecular weight excluding hydrogens is 202 g/mol. The third-order valence-electron chi connectivity index (χ3n) is 2.35. The maximum Gasteiger partial charge on any atom is 0.123 e. The van der Waals surface area contributed by atoms with Crippen LogP contribution in [0.1, 0.15) is 5.56 Å². The van der Waals surface area contributed by atoms with Crippen molar-refractivity contribution >= 4 is 6.21 Å². The molecule has 0 aliphatic rings. The van der Waals surface area contributed by atoms with Gasteiger partial charge in [-0.1, -0.05) is 47.6 Å². The quantitative estimate of drug-likeness (QED) is 0.458. The topological polar surface area (TPSA) is 52.8 Å². The molecule has 2 rings (SSSR count). The van der Waals surface area contributed by atoms with E-state index >= 15 is 0 Å². The highest BCUT2D eigenvalue weighted by Gasteiger charge is 2.06. The third kappa shape index (κ3) is 1.88. The van der Waals surface area contributed by atoms with Crippen molar-refractivity contribution in [1.82, 2.24) is 0 Å². The molecule has 16 heavy (non-hydrogen) atoms. The molecule has 2 aromatic rings. The molecule has 80 valence electrons. The van der Waals surface area contributed by atoms with Crippen molar-refractivity contribution in [3.05, 3.63) is 54.1 Å². The zero-order valence-corrected chi connectivity index (χ0v) is 8.54. The highest BCUT2D eigenvalue weighted by Crippen LogP contribution is 2.30. The van der Waals surface area contributed by atoms with Crippen LogP contribution in [0.5, 0.6) is 5.75 Å². The third-order valence-corrected chi connectivity index (χ3v) is 2.35. The van der Waals surface area contributed by atoms with E-state index in [4.69, 9.17) is 5.21 Å². The molecule has 0 heterocycles. The number of aromatic hydroxyl groups is 1. The van der Waals surface area contributed by atoms with Gasteiger partial charge in [-0.15, -0.1) is 0 Å². The first-order valence-corrected chi connectivity index (χ1v) is 4.88. The van der Waals surface area contributed by atoms with E-state index < -0.39 is 0 Å². The van der Waals surface area contributed by atoms with Crippen LogP contribution in [-0.2, 0) is 0 Å². The van der Waals surface area contributed by atoms with Gasteiger partial charge in [-0.25, -0.2) is 0 Å². The fourth-order valence-electron chi connectivity index (χ4n) is 1.62. The molecule has 0 fully saturated rings. The van der Waals surface area contributed by atoms with Gasteiger partial charge >= 0.3 is 0 Å². The van der Waals surface area contributed by atoms with Crippen molar-refractivity contribution in [3.63, 3.8) is 0 Å². The van der Waals surface area contributed by atoms with Gasteiger partial charge in [0.1, 0.15) is 5.75 Å². The average molecular weight is 213 g/mol. The molecule has 0 saturated heterocycles. The summed E-state index contributed by atoms with van der Waals surface area (Å²) in [7, 11) is 0. The van der Waals surface area contributed by atoms with E-state index in [2.05, 4.69) is 5.16 Å². The zero-order chi connectivity index (χ0) is 11.4. The molecule has 0 atom stereocenters. The van der Waals surface area contributed by atoms with E-state index in [1.165, 1.54) is 6.21 Å². The second kappa shape index (κ2) is 4.49. The van der Waals surface area contributed by atoms with Crippen LogP contribution < -0.4 is 0 Å². The van der Waals surface area contributed by atoms with Gasteiger partial charge in [-0.2, -0.15) is 0 Å². The van der Waals surface area contributed by atoms with E-state index in [-0.39, 0.29) is 5.75 Å². The smallest absolute Gasteiger partial charge is 0.123 e. The van der Waals surface area contributed by atoms with Crippen LogP contribution in [0, 0.1) is 0 Å². The van der Waals surface area contributed by atoms with Gasteiger partial charge in [0.05, 0.1) is 6.21 Å². The Morgan fingerprint density at radius 1 is 0.875 bits per heavy atom. The summed E-state index contributed by atoms with van der Waals surface area (Å²) in [4.78, 5) is 0. The molecule has 0 aromatic heterocycles. The molecule has 3 heteroatoms. The minimum atomic E-state index is 0.210. The summed E-state index contributed by atoms with van der Waals surface area (Å²) in [6, 6.07) is 14.5. The molecule has 0 aliphatic heterocycles. The van der Waals surface area contributed by atoms with Crippen LogP contribution in [0.3, 0.4) is 0 Å². The highest BCUT2D eigenvalue weighted by atomic mass is 16.4. The Balaban J connectivity index is 2.60. The average Bonchev–Trinajstić information content (AvgIpc) is 2.31. The molecule has 0 amide bonds. The molecule has 2 N–H and O–H groups in total.